The number of nitrogen functional groups attached to an aromatic ring is 1. The summed E-state index contributed by atoms with van der Waals surface area (Å²) in [5, 5.41) is 3.10. The molecule has 3 N–H and O–H groups in total. The Balaban J connectivity index is 1.89. The number of hydrogen-bond acceptors (Lipinski definition) is 6. The lowest BCUT2D eigenvalue weighted by Gasteiger charge is -2.12. The first-order valence-corrected chi connectivity index (χ1v) is 8.04. The first-order chi connectivity index (χ1) is 11.0. The maximum absolute atomic E-state index is 12.2. The first kappa shape index (κ1) is 17.1. The molecule has 1 heterocycles. The fourth-order valence-electron chi connectivity index (χ4n) is 1.91. The number of nitrogens with zero attached hydrogens (tertiary/aromatic N) is 2. The molecule has 0 fully saturated rings. The number of benzene rings is 1. The molecule has 6 nitrogen and oxygen atoms in total. The Labute approximate surface area is 139 Å². The number of nitrogens with one attached hydrogen (secondary N) is 1. The van der Waals surface area contributed by atoms with Crippen LogP contribution in [0, 0.1) is 6.92 Å². The van der Waals surface area contributed by atoms with Crippen LogP contribution < -0.4 is 15.8 Å². The van der Waals surface area contributed by atoms with Gasteiger partial charge in [0.15, 0.2) is 5.16 Å². The minimum atomic E-state index is -0.311. The van der Waals surface area contributed by atoms with Gasteiger partial charge in [-0.05, 0) is 31.5 Å². The summed E-state index contributed by atoms with van der Waals surface area (Å²) in [6, 6.07) is 9.26. The van der Waals surface area contributed by atoms with Crippen LogP contribution in [0.5, 0.6) is 5.75 Å². The van der Waals surface area contributed by atoms with Crippen LogP contribution in [0.3, 0.4) is 0 Å². The number of aromatic nitrogens is 2. The number of amides is 1. The third-order valence-corrected chi connectivity index (χ3v) is 4.09. The molecule has 0 aliphatic heterocycles. The highest BCUT2D eigenvalue weighted by Crippen LogP contribution is 2.21. The predicted molar refractivity (Wildman–Crippen MR) is 91.3 cm³/mol. The normalized spacial score (nSPS) is 11.8. The summed E-state index contributed by atoms with van der Waals surface area (Å²) in [6.07, 6.45) is 0. The van der Waals surface area contributed by atoms with E-state index in [1.807, 2.05) is 38.1 Å². The van der Waals surface area contributed by atoms with Crippen LogP contribution in [0.15, 0.2) is 35.5 Å². The Morgan fingerprint density at radius 1 is 1.35 bits per heavy atom. The van der Waals surface area contributed by atoms with Gasteiger partial charge in [-0.15, -0.1) is 0 Å². The van der Waals surface area contributed by atoms with E-state index in [-0.39, 0.29) is 11.2 Å². The van der Waals surface area contributed by atoms with Gasteiger partial charge in [0.05, 0.1) is 12.4 Å². The summed E-state index contributed by atoms with van der Waals surface area (Å²) < 4.78 is 5.10. The molecule has 0 aliphatic carbocycles. The number of carbonyl (C=O) groups excluding carboxylic acids is 1. The molecule has 1 aromatic carbocycles. The third kappa shape index (κ3) is 5.14. The van der Waals surface area contributed by atoms with E-state index in [0.29, 0.717) is 17.5 Å². The zero-order chi connectivity index (χ0) is 16.8. The molecule has 7 heteroatoms. The highest BCUT2D eigenvalue weighted by atomic mass is 32.2. The van der Waals surface area contributed by atoms with E-state index in [0.717, 1.165) is 17.0 Å². The number of nitrogens with two attached hydrogens (primary N) is 1. The lowest BCUT2D eigenvalue weighted by Crippen LogP contribution is -2.30. The molecule has 2 rings (SSSR count). The van der Waals surface area contributed by atoms with Gasteiger partial charge in [-0.1, -0.05) is 23.9 Å². The number of aryl methyl sites for hydroxylation is 1. The maximum Gasteiger partial charge on any atom is 0.233 e. The van der Waals surface area contributed by atoms with E-state index in [1.165, 1.54) is 11.8 Å². The average Bonchev–Trinajstić information content (AvgIpc) is 2.52. The average molecular weight is 332 g/mol. The Morgan fingerprint density at radius 2 is 2.04 bits per heavy atom. The molecule has 0 radical (unpaired) electrons. The summed E-state index contributed by atoms with van der Waals surface area (Å²) in [5.74, 6) is 1.12. The van der Waals surface area contributed by atoms with Crippen LogP contribution in [-0.4, -0.2) is 28.2 Å². The smallest absolute Gasteiger partial charge is 0.233 e. The minimum absolute atomic E-state index is 0.0745. The fraction of sp³-hybridized carbons (Fsp3) is 0.312. The van der Waals surface area contributed by atoms with Gasteiger partial charge in [-0.3, -0.25) is 4.79 Å². The summed E-state index contributed by atoms with van der Waals surface area (Å²) >= 11 is 1.29. The number of methoxy groups -OCH3 is 1. The number of anilines is 1. The quantitative estimate of drug-likeness (QED) is 0.622. The number of carbonyl (C=O) groups is 1. The van der Waals surface area contributed by atoms with Gasteiger partial charge >= 0.3 is 0 Å². The summed E-state index contributed by atoms with van der Waals surface area (Å²) in [4.78, 5) is 20.6. The first-order valence-electron chi connectivity index (χ1n) is 7.16. The topological polar surface area (TPSA) is 90.1 Å². The Bertz CT molecular complexity index is 656. The number of thioether (sulfide) groups is 1. The van der Waals surface area contributed by atoms with Crippen molar-refractivity contribution in [2.45, 2.75) is 30.8 Å². The van der Waals surface area contributed by atoms with Gasteiger partial charge in [0.1, 0.15) is 11.6 Å². The van der Waals surface area contributed by atoms with Crippen LogP contribution in [0.25, 0.3) is 0 Å². The van der Waals surface area contributed by atoms with E-state index in [4.69, 9.17) is 10.5 Å². The van der Waals surface area contributed by atoms with E-state index >= 15 is 0 Å². The van der Waals surface area contributed by atoms with Crippen LogP contribution in [0.1, 0.15) is 18.2 Å². The van der Waals surface area contributed by atoms with E-state index in [2.05, 4.69) is 15.3 Å². The van der Waals surface area contributed by atoms with Crippen LogP contribution in [-0.2, 0) is 11.3 Å². The van der Waals surface area contributed by atoms with Crippen LogP contribution in [0.4, 0.5) is 5.82 Å². The molecule has 23 heavy (non-hydrogen) atoms. The Morgan fingerprint density at radius 3 is 2.65 bits per heavy atom. The lowest BCUT2D eigenvalue weighted by atomic mass is 10.2. The van der Waals surface area contributed by atoms with Crippen LogP contribution in [0.2, 0.25) is 0 Å². The van der Waals surface area contributed by atoms with Crippen molar-refractivity contribution >= 4 is 23.5 Å². The standard InChI is InChI=1S/C16H20N4O2S/c1-10-8-14(17)20-16(19-10)23-11(2)15(21)18-9-12-4-6-13(22-3)7-5-12/h4-8,11H,9H2,1-3H3,(H,18,21)(H2,17,19,20)/t11-/m0/s1. The molecule has 0 saturated heterocycles. The molecular weight excluding hydrogens is 312 g/mol. The van der Waals surface area contributed by atoms with Crippen molar-refractivity contribution in [3.05, 3.63) is 41.6 Å². The van der Waals surface area contributed by atoms with Crippen molar-refractivity contribution in [3.63, 3.8) is 0 Å². The van der Waals surface area contributed by atoms with Gasteiger partial charge in [-0.25, -0.2) is 9.97 Å². The predicted octanol–water partition coefficient (Wildman–Crippen LogP) is 2.17. The minimum Gasteiger partial charge on any atom is -0.497 e. The van der Waals surface area contributed by atoms with Gasteiger partial charge in [-0.2, -0.15) is 0 Å². The fourth-order valence-corrected chi connectivity index (χ4v) is 2.77. The summed E-state index contributed by atoms with van der Waals surface area (Å²) in [6.45, 7) is 4.12. The van der Waals surface area contributed by atoms with E-state index < -0.39 is 0 Å². The zero-order valence-electron chi connectivity index (χ0n) is 13.4. The molecule has 1 aromatic heterocycles. The van der Waals surface area contributed by atoms with Gasteiger partial charge < -0.3 is 15.8 Å². The second-order valence-corrected chi connectivity index (χ2v) is 6.35. The monoisotopic (exact) mass is 332 g/mol. The lowest BCUT2D eigenvalue weighted by molar-refractivity contribution is -0.120. The Hall–Kier alpha value is -2.28. The van der Waals surface area contributed by atoms with Gasteiger partial charge in [0, 0.05) is 18.3 Å². The van der Waals surface area contributed by atoms with Crippen molar-refractivity contribution in [2.24, 2.45) is 0 Å². The van der Waals surface area contributed by atoms with Gasteiger partial charge in [0.2, 0.25) is 5.91 Å². The molecule has 0 unspecified atom stereocenters. The third-order valence-electron chi connectivity index (χ3n) is 3.13. The number of hydrogen-bond donors (Lipinski definition) is 2. The van der Waals surface area contributed by atoms with Gasteiger partial charge in [0.25, 0.3) is 0 Å². The van der Waals surface area contributed by atoms with Crippen molar-refractivity contribution in [3.8, 4) is 5.75 Å². The van der Waals surface area contributed by atoms with Crippen LogP contribution >= 0.6 is 11.8 Å². The highest BCUT2D eigenvalue weighted by molar-refractivity contribution is 8.00. The molecule has 0 aliphatic rings. The second-order valence-electron chi connectivity index (χ2n) is 5.04. The molecule has 0 saturated carbocycles. The molecular formula is C16H20N4O2S. The molecule has 122 valence electrons. The number of rotatable bonds is 6. The van der Waals surface area contributed by atoms with E-state index in [9.17, 15) is 4.79 Å². The van der Waals surface area contributed by atoms with Crippen molar-refractivity contribution in [1.82, 2.24) is 15.3 Å². The van der Waals surface area contributed by atoms with Crippen molar-refractivity contribution in [1.29, 1.82) is 0 Å². The number of ether oxygens (including phenoxy) is 1. The second kappa shape index (κ2) is 7.82. The highest BCUT2D eigenvalue weighted by Gasteiger charge is 2.16. The molecule has 0 spiro atoms. The van der Waals surface area contributed by atoms with E-state index in [1.54, 1.807) is 13.2 Å². The summed E-state index contributed by atoms with van der Waals surface area (Å²) in [7, 11) is 1.62. The SMILES string of the molecule is COc1ccc(CNC(=O)[C@H](C)Sc2nc(C)cc(N)n2)cc1. The molecule has 1 amide bonds. The van der Waals surface area contributed by atoms with Crippen molar-refractivity contribution in [2.75, 3.05) is 12.8 Å². The largest absolute Gasteiger partial charge is 0.497 e. The molecule has 0 bridgehead atoms. The summed E-state index contributed by atoms with van der Waals surface area (Å²) in [5.41, 5.74) is 7.48. The zero-order valence-corrected chi connectivity index (χ0v) is 14.2. The molecule has 2 aromatic rings. The van der Waals surface area contributed by atoms with Crippen molar-refractivity contribution < 1.29 is 9.53 Å². The maximum atomic E-state index is 12.2. The molecule has 1 atom stereocenters. The Kier molecular flexibility index (Phi) is 5.81.